The Morgan fingerprint density at radius 3 is 2.43 bits per heavy atom. The third kappa shape index (κ3) is 4.12. The molecule has 198 valence electrons. The fraction of sp³-hybridized carbons (Fsp3) is 0.556. The number of aliphatic carboxylic acids is 1. The van der Waals surface area contributed by atoms with Crippen LogP contribution >= 0.6 is 0 Å². The molecule has 10 nitrogen and oxygen atoms in total. The molecule has 1 N–H and O–H groups in total. The minimum atomic E-state index is -1.02. The van der Waals surface area contributed by atoms with Crippen molar-refractivity contribution in [3.8, 4) is 0 Å². The van der Waals surface area contributed by atoms with Crippen LogP contribution in [-0.4, -0.2) is 72.7 Å². The summed E-state index contributed by atoms with van der Waals surface area (Å²) in [4.78, 5) is 49.2. The summed E-state index contributed by atoms with van der Waals surface area (Å²) in [5, 5.41) is 9.65. The summed E-state index contributed by atoms with van der Waals surface area (Å²) < 4.78 is 29.3. The number of ether oxygens (including phenoxy) is 5. The highest BCUT2D eigenvalue weighted by atomic mass is 16.6. The first kappa shape index (κ1) is 25.4. The number of carbonyl (C=O) groups excluding carboxylic acids is 3. The van der Waals surface area contributed by atoms with Gasteiger partial charge in [0.15, 0.2) is 0 Å². The molecule has 3 fully saturated rings. The van der Waals surface area contributed by atoms with Gasteiger partial charge in [-0.25, -0.2) is 19.2 Å². The Bertz CT molecular complexity index is 1140. The molecule has 2 bridgehead atoms. The third-order valence-corrected chi connectivity index (χ3v) is 8.70. The van der Waals surface area contributed by atoms with Crippen LogP contribution in [0.3, 0.4) is 0 Å². The fourth-order valence-corrected chi connectivity index (χ4v) is 6.50. The van der Waals surface area contributed by atoms with Crippen LogP contribution < -0.4 is 0 Å². The molecule has 0 radical (unpaired) electrons. The molecule has 6 unspecified atom stereocenters. The molecule has 0 aromatic rings. The van der Waals surface area contributed by atoms with Crippen molar-refractivity contribution in [2.45, 2.75) is 63.4 Å². The molecule has 37 heavy (non-hydrogen) atoms. The molecule has 1 saturated carbocycles. The van der Waals surface area contributed by atoms with E-state index in [-0.39, 0.29) is 25.2 Å². The molecule has 3 aliphatic heterocycles. The van der Waals surface area contributed by atoms with Gasteiger partial charge < -0.3 is 28.8 Å². The molecule has 0 amide bonds. The Morgan fingerprint density at radius 2 is 1.73 bits per heavy atom. The summed E-state index contributed by atoms with van der Waals surface area (Å²) in [7, 11) is 0. The normalized spacial score (nSPS) is 39.8. The molecule has 2 saturated heterocycles. The SMILES string of the molecule is CC1=CC(=O)OCC23CCC(C(=O)O)=CC2OC2CC(OC(=O)C=CC=CC(=O)OCC1)C3(C)C21CO1. The molecular weight excluding hydrogens is 484 g/mol. The lowest BCUT2D eigenvalue weighted by molar-refractivity contribution is -0.232. The first-order valence-corrected chi connectivity index (χ1v) is 12.4. The summed E-state index contributed by atoms with van der Waals surface area (Å²) in [5.41, 5.74) is -1.51. The second-order valence-electron chi connectivity index (χ2n) is 10.5. The van der Waals surface area contributed by atoms with E-state index < -0.39 is 58.6 Å². The summed E-state index contributed by atoms with van der Waals surface area (Å²) in [6, 6.07) is 0. The Balaban J connectivity index is 1.55. The summed E-state index contributed by atoms with van der Waals surface area (Å²) >= 11 is 0. The summed E-state index contributed by atoms with van der Waals surface area (Å²) in [5.74, 6) is -2.77. The molecule has 5 aliphatic rings. The standard InChI is InChI=1S/C27H30O10/c1-16-8-10-33-21(28)5-3-4-6-22(29)37-18-13-20-27(15-35-27)25(18,2)26(14-34-23(30)11-16)9-7-17(24(31)32)12-19(26)36-20/h3-6,11-12,18-20H,7-10,13-15H2,1-2H3,(H,31,32). The number of allylic oxidation sites excluding steroid dienone is 2. The number of carbonyl (C=O) groups is 4. The molecule has 2 aliphatic carbocycles. The van der Waals surface area contributed by atoms with Crippen molar-refractivity contribution in [2.24, 2.45) is 10.8 Å². The van der Waals surface area contributed by atoms with Crippen LogP contribution in [0.1, 0.15) is 39.5 Å². The molecule has 0 aromatic heterocycles. The first-order valence-electron chi connectivity index (χ1n) is 12.4. The molecule has 2 spiro atoms. The van der Waals surface area contributed by atoms with E-state index in [1.165, 1.54) is 30.4 Å². The largest absolute Gasteiger partial charge is 0.478 e. The van der Waals surface area contributed by atoms with Gasteiger partial charge in [0.05, 0.1) is 30.8 Å². The smallest absolute Gasteiger partial charge is 0.331 e. The Hall–Kier alpha value is -3.24. The van der Waals surface area contributed by atoms with Crippen LogP contribution in [0.2, 0.25) is 0 Å². The monoisotopic (exact) mass is 514 g/mol. The van der Waals surface area contributed by atoms with Crippen LogP contribution in [-0.2, 0) is 42.9 Å². The van der Waals surface area contributed by atoms with Crippen molar-refractivity contribution in [1.29, 1.82) is 0 Å². The van der Waals surface area contributed by atoms with Crippen LogP contribution in [0.4, 0.5) is 0 Å². The van der Waals surface area contributed by atoms with Gasteiger partial charge in [0.2, 0.25) is 0 Å². The van der Waals surface area contributed by atoms with Crippen LogP contribution in [0.25, 0.3) is 0 Å². The Morgan fingerprint density at radius 1 is 1.00 bits per heavy atom. The molecule has 5 rings (SSSR count). The lowest BCUT2D eigenvalue weighted by atomic mass is 9.51. The number of hydrogen-bond donors (Lipinski definition) is 1. The Labute approximate surface area is 213 Å². The average molecular weight is 515 g/mol. The van der Waals surface area contributed by atoms with Crippen LogP contribution in [0.15, 0.2) is 47.6 Å². The lowest BCUT2D eigenvalue weighted by Crippen LogP contribution is -2.67. The highest BCUT2D eigenvalue weighted by Crippen LogP contribution is 2.72. The van der Waals surface area contributed by atoms with Gasteiger partial charge >= 0.3 is 23.9 Å². The van der Waals surface area contributed by atoms with Crippen molar-refractivity contribution >= 4 is 23.9 Å². The molecule has 10 heteroatoms. The maximum Gasteiger partial charge on any atom is 0.331 e. The van der Waals surface area contributed by atoms with E-state index in [2.05, 4.69) is 0 Å². The molecule has 3 heterocycles. The molecular formula is C27H30O10. The van der Waals surface area contributed by atoms with Crippen molar-refractivity contribution in [3.05, 3.63) is 47.6 Å². The zero-order valence-electron chi connectivity index (χ0n) is 20.8. The van der Waals surface area contributed by atoms with E-state index in [1.807, 2.05) is 6.92 Å². The van der Waals surface area contributed by atoms with Gasteiger partial charge in [-0.2, -0.15) is 0 Å². The van der Waals surface area contributed by atoms with E-state index in [4.69, 9.17) is 23.7 Å². The summed E-state index contributed by atoms with van der Waals surface area (Å²) in [6.07, 6.45) is 7.77. The van der Waals surface area contributed by atoms with Crippen LogP contribution in [0, 0.1) is 10.8 Å². The highest BCUT2D eigenvalue weighted by molar-refractivity contribution is 5.87. The lowest BCUT2D eigenvalue weighted by Gasteiger charge is -2.58. The zero-order valence-corrected chi connectivity index (χ0v) is 20.8. The average Bonchev–Trinajstić information content (AvgIpc) is 3.62. The fourth-order valence-electron chi connectivity index (χ4n) is 6.50. The summed E-state index contributed by atoms with van der Waals surface area (Å²) in [6.45, 7) is 4.12. The second-order valence-corrected chi connectivity index (χ2v) is 10.5. The first-order chi connectivity index (χ1) is 17.6. The number of hydrogen-bond acceptors (Lipinski definition) is 9. The predicted molar refractivity (Wildman–Crippen MR) is 126 cm³/mol. The number of cyclic esters (lactones) is 2. The van der Waals surface area contributed by atoms with E-state index in [1.54, 1.807) is 13.0 Å². The number of carboxylic acid groups (broad SMARTS) is 1. The number of esters is 3. The van der Waals surface area contributed by atoms with Gasteiger partial charge in [0.1, 0.15) is 18.3 Å². The maximum absolute atomic E-state index is 12.8. The van der Waals surface area contributed by atoms with Crippen molar-refractivity contribution in [1.82, 2.24) is 0 Å². The number of epoxide rings is 1. The minimum Gasteiger partial charge on any atom is -0.478 e. The quantitative estimate of drug-likeness (QED) is 0.315. The third-order valence-electron chi connectivity index (χ3n) is 8.70. The van der Waals surface area contributed by atoms with Gasteiger partial charge in [0, 0.05) is 42.1 Å². The van der Waals surface area contributed by atoms with Gasteiger partial charge in [-0.1, -0.05) is 24.6 Å². The topological polar surface area (TPSA) is 138 Å². The maximum atomic E-state index is 12.8. The van der Waals surface area contributed by atoms with Gasteiger partial charge in [0.25, 0.3) is 0 Å². The number of carboxylic acids is 1. The van der Waals surface area contributed by atoms with Crippen LogP contribution in [0.5, 0.6) is 0 Å². The predicted octanol–water partition coefficient (Wildman–Crippen LogP) is 2.18. The van der Waals surface area contributed by atoms with Gasteiger partial charge in [-0.05, 0) is 25.8 Å². The van der Waals surface area contributed by atoms with Crippen molar-refractivity contribution in [2.75, 3.05) is 19.8 Å². The number of rotatable bonds is 1. The van der Waals surface area contributed by atoms with Crippen molar-refractivity contribution in [3.63, 3.8) is 0 Å². The van der Waals surface area contributed by atoms with E-state index in [0.29, 0.717) is 31.4 Å². The van der Waals surface area contributed by atoms with E-state index >= 15 is 0 Å². The molecule has 0 aromatic carbocycles. The zero-order chi connectivity index (χ0) is 26.4. The second kappa shape index (κ2) is 9.25. The van der Waals surface area contributed by atoms with Gasteiger partial charge in [-0.3, -0.25) is 0 Å². The Kier molecular flexibility index (Phi) is 6.35. The highest BCUT2D eigenvalue weighted by Gasteiger charge is 2.83. The van der Waals surface area contributed by atoms with E-state index in [9.17, 15) is 24.3 Å². The minimum absolute atomic E-state index is 0.0698. The van der Waals surface area contributed by atoms with Gasteiger partial charge in [-0.15, -0.1) is 0 Å². The van der Waals surface area contributed by atoms with Crippen molar-refractivity contribution < 1.29 is 48.0 Å². The van der Waals surface area contributed by atoms with E-state index in [0.717, 1.165) is 0 Å². The molecule has 6 atom stereocenters.